The lowest BCUT2D eigenvalue weighted by molar-refractivity contribution is -0.285. The predicted octanol–water partition coefficient (Wildman–Crippen LogP) is 5.36. The zero-order valence-corrected chi connectivity index (χ0v) is 13.7. The maximum Gasteiger partial charge on any atom is 0.453 e. The number of carbonyl (C=O) groups is 1. The van der Waals surface area contributed by atoms with Crippen molar-refractivity contribution in [1.82, 2.24) is 0 Å². The molecular formula is C15H25F5O2. The first-order valence-corrected chi connectivity index (χ1v) is 7.38. The molecule has 0 radical (unpaired) electrons. The average Bonchev–Trinajstić information content (AvgIpc) is 2.33. The summed E-state index contributed by atoms with van der Waals surface area (Å²) in [5.74, 6) is -5.33. The largest absolute Gasteiger partial charge is 0.462 e. The highest BCUT2D eigenvalue weighted by molar-refractivity contribution is 5.75. The molecule has 22 heavy (non-hydrogen) atoms. The topological polar surface area (TPSA) is 26.3 Å². The molecule has 0 aliphatic heterocycles. The molecule has 132 valence electrons. The molecule has 1 atom stereocenters. The minimum Gasteiger partial charge on any atom is -0.462 e. The van der Waals surface area contributed by atoms with E-state index in [2.05, 4.69) is 0 Å². The molecule has 7 heteroatoms. The summed E-state index contributed by atoms with van der Waals surface area (Å²) in [6.07, 6.45) is -7.68. The SMILES string of the molecule is CCC(C)(C)C(=O)OC(CCC(F)(F)C(F)(F)F)CC(C)C. The van der Waals surface area contributed by atoms with Gasteiger partial charge >= 0.3 is 18.1 Å². The molecule has 0 N–H and O–H groups in total. The lowest BCUT2D eigenvalue weighted by Gasteiger charge is -2.28. The van der Waals surface area contributed by atoms with Crippen molar-refractivity contribution < 1.29 is 31.5 Å². The molecule has 0 bridgehead atoms. The quantitative estimate of drug-likeness (QED) is 0.442. The van der Waals surface area contributed by atoms with Crippen molar-refractivity contribution in [3.05, 3.63) is 0 Å². The van der Waals surface area contributed by atoms with E-state index in [9.17, 15) is 26.7 Å². The normalized spacial score (nSPS) is 15.0. The highest BCUT2D eigenvalue weighted by Crippen LogP contribution is 2.39. The molecule has 2 nitrogen and oxygen atoms in total. The Morgan fingerprint density at radius 2 is 1.59 bits per heavy atom. The van der Waals surface area contributed by atoms with Crippen LogP contribution in [0.2, 0.25) is 0 Å². The van der Waals surface area contributed by atoms with Gasteiger partial charge < -0.3 is 4.74 Å². The molecule has 1 unspecified atom stereocenters. The van der Waals surface area contributed by atoms with Crippen LogP contribution in [0.5, 0.6) is 0 Å². The van der Waals surface area contributed by atoms with E-state index in [1.807, 2.05) is 0 Å². The van der Waals surface area contributed by atoms with Gasteiger partial charge in [0.15, 0.2) is 0 Å². The van der Waals surface area contributed by atoms with E-state index in [0.717, 1.165) is 0 Å². The van der Waals surface area contributed by atoms with Crippen LogP contribution >= 0.6 is 0 Å². The molecule has 0 aromatic carbocycles. The van der Waals surface area contributed by atoms with Gasteiger partial charge in [-0.1, -0.05) is 20.8 Å². The molecular weight excluding hydrogens is 307 g/mol. The third-order valence-electron chi connectivity index (χ3n) is 3.64. The molecule has 0 aromatic heterocycles. The van der Waals surface area contributed by atoms with E-state index >= 15 is 0 Å². The van der Waals surface area contributed by atoms with E-state index in [4.69, 9.17) is 4.74 Å². The third-order valence-corrected chi connectivity index (χ3v) is 3.64. The van der Waals surface area contributed by atoms with E-state index in [0.29, 0.717) is 6.42 Å². The summed E-state index contributed by atoms with van der Waals surface area (Å²) >= 11 is 0. The van der Waals surface area contributed by atoms with Crippen LogP contribution in [0.4, 0.5) is 22.0 Å². The van der Waals surface area contributed by atoms with Gasteiger partial charge in [-0.05, 0) is 39.0 Å². The molecule has 0 saturated carbocycles. The number of ether oxygens (including phenoxy) is 1. The Kier molecular flexibility index (Phi) is 7.29. The second-order valence-corrected chi connectivity index (χ2v) is 6.64. The Bertz CT molecular complexity index is 361. The fourth-order valence-electron chi connectivity index (χ4n) is 1.69. The van der Waals surface area contributed by atoms with Crippen molar-refractivity contribution >= 4 is 5.97 Å². The van der Waals surface area contributed by atoms with Gasteiger partial charge in [0, 0.05) is 6.42 Å². The first-order valence-electron chi connectivity index (χ1n) is 7.38. The van der Waals surface area contributed by atoms with Crippen molar-refractivity contribution in [1.29, 1.82) is 0 Å². The molecule has 0 amide bonds. The standard InChI is InChI=1S/C15H25F5O2/c1-6-13(4,5)12(21)22-11(9-10(2)3)7-8-14(16,17)15(18,19)20/h10-11H,6-9H2,1-5H3. The van der Waals surface area contributed by atoms with E-state index < -0.39 is 42.4 Å². The molecule has 0 aromatic rings. The Hall–Kier alpha value is -0.880. The van der Waals surface area contributed by atoms with Crippen LogP contribution in [-0.4, -0.2) is 24.2 Å². The molecule has 0 fully saturated rings. The number of hydrogen-bond donors (Lipinski definition) is 0. The number of halogens is 5. The minimum atomic E-state index is -5.58. The lowest BCUT2D eigenvalue weighted by atomic mass is 9.90. The molecule has 0 aliphatic carbocycles. The number of carbonyl (C=O) groups excluding carboxylic acids is 1. The second kappa shape index (κ2) is 7.59. The predicted molar refractivity (Wildman–Crippen MR) is 73.6 cm³/mol. The molecule has 0 heterocycles. The minimum absolute atomic E-state index is 0.0158. The van der Waals surface area contributed by atoms with Gasteiger partial charge in [-0.2, -0.15) is 22.0 Å². The zero-order chi connectivity index (χ0) is 17.8. The van der Waals surface area contributed by atoms with Gasteiger partial charge in [-0.25, -0.2) is 0 Å². The maximum atomic E-state index is 13.0. The number of hydrogen-bond acceptors (Lipinski definition) is 2. The summed E-state index contributed by atoms with van der Waals surface area (Å²) in [6, 6.07) is 0. The Morgan fingerprint density at radius 3 is 1.95 bits per heavy atom. The van der Waals surface area contributed by atoms with Crippen molar-refractivity contribution in [2.75, 3.05) is 0 Å². The van der Waals surface area contributed by atoms with Crippen LogP contribution in [-0.2, 0) is 9.53 Å². The summed E-state index contributed by atoms with van der Waals surface area (Å²) in [7, 11) is 0. The summed E-state index contributed by atoms with van der Waals surface area (Å²) in [6.45, 7) is 8.64. The summed E-state index contributed by atoms with van der Waals surface area (Å²) in [5, 5.41) is 0. The van der Waals surface area contributed by atoms with Gasteiger partial charge in [0.25, 0.3) is 0 Å². The Morgan fingerprint density at radius 1 is 1.09 bits per heavy atom. The van der Waals surface area contributed by atoms with Crippen molar-refractivity contribution in [3.63, 3.8) is 0 Å². The molecule has 0 saturated heterocycles. The first kappa shape index (κ1) is 21.1. The first-order chi connectivity index (χ1) is 9.73. The van der Waals surface area contributed by atoms with Gasteiger partial charge in [0.05, 0.1) is 5.41 Å². The van der Waals surface area contributed by atoms with Crippen molar-refractivity contribution in [3.8, 4) is 0 Å². The Labute approximate surface area is 128 Å². The monoisotopic (exact) mass is 332 g/mol. The van der Waals surface area contributed by atoms with E-state index in [1.165, 1.54) is 0 Å². The van der Waals surface area contributed by atoms with Crippen LogP contribution in [0.3, 0.4) is 0 Å². The molecule has 0 spiro atoms. The fourth-order valence-corrected chi connectivity index (χ4v) is 1.69. The number of alkyl halides is 5. The molecule has 0 aliphatic rings. The highest BCUT2D eigenvalue weighted by atomic mass is 19.4. The maximum absolute atomic E-state index is 13.0. The van der Waals surface area contributed by atoms with Crippen LogP contribution < -0.4 is 0 Å². The van der Waals surface area contributed by atoms with Crippen molar-refractivity contribution in [2.24, 2.45) is 11.3 Å². The van der Waals surface area contributed by atoms with Crippen LogP contribution in [0, 0.1) is 11.3 Å². The van der Waals surface area contributed by atoms with Crippen LogP contribution in [0.1, 0.15) is 60.3 Å². The van der Waals surface area contributed by atoms with Gasteiger partial charge in [0.2, 0.25) is 0 Å². The summed E-state index contributed by atoms with van der Waals surface area (Å²) in [5.41, 5.74) is -0.790. The lowest BCUT2D eigenvalue weighted by Crippen LogP contribution is -2.38. The van der Waals surface area contributed by atoms with Crippen molar-refractivity contribution in [2.45, 2.75) is 78.5 Å². The summed E-state index contributed by atoms with van der Waals surface area (Å²) in [4.78, 5) is 12.0. The van der Waals surface area contributed by atoms with E-state index in [-0.39, 0.29) is 12.3 Å². The van der Waals surface area contributed by atoms with Gasteiger partial charge in [-0.15, -0.1) is 0 Å². The number of rotatable bonds is 8. The summed E-state index contributed by atoms with van der Waals surface area (Å²) < 4.78 is 67.8. The highest BCUT2D eigenvalue weighted by Gasteiger charge is 2.56. The van der Waals surface area contributed by atoms with Crippen LogP contribution in [0.25, 0.3) is 0 Å². The van der Waals surface area contributed by atoms with Crippen LogP contribution in [0.15, 0.2) is 0 Å². The number of esters is 1. The van der Waals surface area contributed by atoms with Gasteiger partial charge in [0.1, 0.15) is 6.10 Å². The Balaban J connectivity index is 4.84. The van der Waals surface area contributed by atoms with E-state index in [1.54, 1.807) is 34.6 Å². The average molecular weight is 332 g/mol. The smallest absolute Gasteiger partial charge is 0.453 e. The van der Waals surface area contributed by atoms with Gasteiger partial charge in [-0.3, -0.25) is 4.79 Å². The fraction of sp³-hybridized carbons (Fsp3) is 0.933. The zero-order valence-electron chi connectivity index (χ0n) is 13.7. The second-order valence-electron chi connectivity index (χ2n) is 6.64. The molecule has 0 rings (SSSR count). The third kappa shape index (κ3) is 6.48.